The molecule has 1 saturated heterocycles. The zero-order valence-corrected chi connectivity index (χ0v) is 15.7. The number of hydrogen-bond acceptors (Lipinski definition) is 4. The number of benzene rings is 2. The summed E-state index contributed by atoms with van der Waals surface area (Å²) in [6.45, 7) is 5.99. The van der Waals surface area contributed by atoms with E-state index in [4.69, 9.17) is 22.1 Å². The summed E-state index contributed by atoms with van der Waals surface area (Å²) < 4.78 is 5.67. The molecule has 2 aromatic rings. The van der Waals surface area contributed by atoms with E-state index < -0.39 is 0 Å². The van der Waals surface area contributed by atoms with Crippen LogP contribution in [0.1, 0.15) is 11.1 Å². The number of hydrogen-bond donors (Lipinski definition) is 1. The van der Waals surface area contributed by atoms with Gasteiger partial charge in [0.2, 0.25) is 0 Å². The molecule has 0 spiro atoms. The van der Waals surface area contributed by atoms with Crippen LogP contribution in [0, 0.1) is 6.92 Å². The van der Waals surface area contributed by atoms with E-state index in [1.54, 1.807) is 6.07 Å². The van der Waals surface area contributed by atoms with Gasteiger partial charge in [-0.25, -0.2) is 0 Å². The Morgan fingerprint density at radius 2 is 1.81 bits per heavy atom. The van der Waals surface area contributed by atoms with Gasteiger partial charge < -0.3 is 15.4 Å². The lowest BCUT2D eigenvalue weighted by Gasteiger charge is -2.34. The Balaban J connectivity index is 1.46. The van der Waals surface area contributed by atoms with Crippen LogP contribution in [0.25, 0.3) is 0 Å². The quantitative estimate of drug-likeness (QED) is 0.818. The summed E-state index contributed by atoms with van der Waals surface area (Å²) in [6, 6.07) is 13.4. The fraction of sp³-hybridized carbons (Fsp3) is 0.350. The van der Waals surface area contributed by atoms with Crippen molar-refractivity contribution in [1.29, 1.82) is 0 Å². The number of amides is 1. The molecule has 1 aliphatic heterocycles. The van der Waals surface area contributed by atoms with Crippen molar-refractivity contribution in [2.75, 3.05) is 38.5 Å². The van der Waals surface area contributed by atoms with E-state index in [-0.39, 0.29) is 12.5 Å². The van der Waals surface area contributed by atoms with Gasteiger partial charge in [-0.05, 0) is 36.2 Å². The summed E-state index contributed by atoms with van der Waals surface area (Å²) in [6.07, 6.45) is 0. The van der Waals surface area contributed by atoms with E-state index in [9.17, 15) is 4.79 Å². The molecular formula is C20H24ClN3O2. The smallest absolute Gasteiger partial charge is 0.260 e. The number of nitrogens with two attached hydrogens (primary N) is 1. The van der Waals surface area contributed by atoms with Crippen LogP contribution in [0.5, 0.6) is 5.75 Å². The molecule has 1 amide bonds. The molecule has 3 rings (SSSR count). The highest BCUT2D eigenvalue weighted by Crippen LogP contribution is 2.21. The van der Waals surface area contributed by atoms with Crippen molar-refractivity contribution < 1.29 is 9.53 Å². The predicted molar refractivity (Wildman–Crippen MR) is 104 cm³/mol. The lowest BCUT2D eigenvalue weighted by molar-refractivity contribution is -0.135. The largest absolute Gasteiger partial charge is 0.483 e. The van der Waals surface area contributed by atoms with Gasteiger partial charge in [0.25, 0.3) is 5.91 Å². The molecule has 26 heavy (non-hydrogen) atoms. The third-order valence-corrected chi connectivity index (χ3v) is 4.86. The summed E-state index contributed by atoms with van der Waals surface area (Å²) in [7, 11) is 0. The summed E-state index contributed by atoms with van der Waals surface area (Å²) in [5.74, 6) is 0.678. The predicted octanol–water partition coefficient (Wildman–Crippen LogP) is 2.95. The highest BCUT2D eigenvalue weighted by Gasteiger charge is 2.21. The van der Waals surface area contributed by atoms with E-state index in [0.29, 0.717) is 24.5 Å². The lowest BCUT2D eigenvalue weighted by atomic mass is 10.2. The Morgan fingerprint density at radius 3 is 2.50 bits per heavy atom. The summed E-state index contributed by atoms with van der Waals surface area (Å²) in [5, 5.41) is 0.750. The molecule has 0 radical (unpaired) electrons. The van der Waals surface area contributed by atoms with Gasteiger partial charge in [0.05, 0.1) is 0 Å². The van der Waals surface area contributed by atoms with Crippen LogP contribution in [-0.2, 0) is 11.3 Å². The van der Waals surface area contributed by atoms with E-state index in [0.717, 1.165) is 30.2 Å². The number of carbonyl (C=O) groups is 1. The molecule has 6 heteroatoms. The third-order valence-electron chi connectivity index (χ3n) is 4.61. The van der Waals surface area contributed by atoms with Crippen LogP contribution in [0.4, 0.5) is 5.69 Å². The fourth-order valence-corrected chi connectivity index (χ4v) is 3.13. The average molecular weight is 374 g/mol. The molecule has 2 aromatic carbocycles. The minimum absolute atomic E-state index is 0.0120. The summed E-state index contributed by atoms with van der Waals surface area (Å²) in [5.41, 5.74) is 8.61. The molecule has 1 aliphatic rings. The van der Waals surface area contributed by atoms with E-state index in [1.807, 2.05) is 48.2 Å². The highest BCUT2D eigenvalue weighted by molar-refractivity contribution is 6.30. The third kappa shape index (κ3) is 4.90. The normalized spacial score (nSPS) is 15.1. The van der Waals surface area contributed by atoms with Gasteiger partial charge in [-0.1, -0.05) is 29.8 Å². The maximum absolute atomic E-state index is 12.4. The van der Waals surface area contributed by atoms with E-state index in [1.165, 1.54) is 5.56 Å². The van der Waals surface area contributed by atoms with Gasteiger partial charge in [0.15, 0.2) is 6.61 Å². The van der Waals surface area contributed by atoms with Crippen LogP contribution in [0.3, 0.4) is 0 Å². The van der Waals surface area contributed by atoms with Gasteiger partial charge in [0, 0.05) is 49.5 Å². The van der Waals surface area contributed by atoms with Crippen molar-refractivity contribution in [3.8, 4) is 5.75 Å². The molecule has 0 bridgehead atoms. The molecule has 5 nitrogen and oxygen atoms in total. The monoisotopic (exact) mass is 373 g/mol. The van der Waals surface area contributed by atoms with E-state index >= 15 is 0 Å². The first-order chi connectivity index (χ1) is 12.5. The number of anilines is 1. The van der Waals surface area contributed by atoms with Gasteiger partial charge in [-0.15, -0.1) is 0 Å². The maximum atomic E-state index is 12.4. The van der Waals surface area contributed by atoms with Gasteiger partial charge in [0.1, 0.15) is 5.75 Å². The minimum Gasteiger partial charge on any atom is -0.483 e. The van der Waals surface area contributed by atoms with Crippen LogP contribution in [0.2, 0.25) is 5.02 Å². The molecule has 0 unspecified atom stereocenters. The number of halogens is 1. The Hall–Kier alpha value is -2.24. The first-order valence-electron chi connectivity index (χ1n) is 8.75. The molecule has 1 heterocycles. The standard InChI is InChI=1S/C20H24ClN3O2/c1-15-2-7-18(22)12-19(15)26-14-20(25)24-10-8-23(9-11-24)13-16-3-5-17(21)6-4-16/h2-7,12H,8-11,13-14,22H2,1H3. The fourth-order valence-electron chi connectivity index (χ4n) is 3.01. The molecule has 0 atom stereocenters. The molecule has 2 N–H and O–H groups in total. The second-order valence-corrected chi connectivity index (χ2v) is 7.03. The van der Waals surface area contributed by atoms with Crippen molar-refractivity contribution in [2.45, 2.75) is 13.5 Å². The van der Waals surface area contributed by atoms with Crippen LogP contribution < -0.4 is 10.5 Å². The first-order valence-corrected chi connectivity index (χ1v) is 9.12. The number of aryl methyl sites for hydroxylation is 1. The molecule has 1 fully saturated rings. The molecule has 0 saturated carbocycles. The maximum Gasteiger partial charge on any atom is 0.260 e. The van der Waals surface area contributed by atoms with Crippen molar-refractivity contribution in [3.63, 3.8) is 0 Å². The molecule has 0 aliphatic carbocycles. The van der Waals surface area contributed by atoms with Crippen molar-refractivity contribution in [3.05, 3.63) is 58.6 Å². The summed E-state index contributed by atoms with van der Waals surface area (Å²) in [4.78, 5) is 16.6. The first kappa shape index (κ1) is 18.5. The molecule has 138 valence electrons. The number of nitrogen functional groups attached to an aromatic ring is 1. The second kappa shape index (κ2) is 8.43. The number of rotatable bonds is 5. The minimum atomic E-state index is 0.0120. The van der Waals surface area contributed by atoms with Crippen molar-refractivity contribution in [1.82, 2.24) is 9.80 Å². The zero-order valence-electron chi connectivity index (χ0n) is 15.0. The van der Waals surface area contributed by atoms with Gasteiger partial charge in [-0.2, -0.15) is 0 Å². The zero-order chi connectivity index (χ0) is 18.5. The SMILES string of the molecule is Cc1ccc(N)cc1OCC(=O)N1CCN(Cc2ccc(Cl)cc2)CC1. The van der Waals surface area contributed by atoms with Crippen molar-refractivity contribution >= 4 is 23.2 Å². The Labute approximate surface area is 159 Å². The van der Waals surface area contributed by atoms with Crippen LogP contribution >= 0.6 is 11.6 Å². The number of carbonyl (C=O) groups excluding carboxylic acids is 1. The summed E-state index contributed by atoms with van der Waals surface area (Å²) >= 11 is 5.92. The average Bonchev–Trinajstić information content (AvgIpc) is 2.65. The second-order valence-electron chi connectivity index (χ2n) is 6.60. The highest BCUT2D eigenvalue weighted by atomic mass is 35.5. The van der Waals surface area contributed by atoms with Crippen molar-refractivity contribution in [2.24, 2.45) is 0 Å². The Kier molecular flexibility index (Phi) is 6.01. The lowest BCUT2D eigenvalue weighted by Crippen LogP contribution is -2.49. The van der Waals surface area contributed by atoms with E-state index in [2.05, 4.69) is 4.90 Å². The molecular weight excluding hydrogens is 350 g/mol. The molecule has 0 aromatic heterocycles. The number of ether oxygens (including phenoxy) is 1. The Bertz CT molecular complexity index is 756. The van der Waals surface area contributed by atoms with Gasteiger partial charge in [-0.3, -0.25) is 9.69 Å². The Morgan fingerprint density at radius 1 is 1.12 bits per heavy atom. The van der Waals surface area contributed by atoms with Crippen LogP contribution in [-0.4, -0.2) is 48.5 Å². The van der Waals surface area contributed by atoms with Crippen LogP contribution in [0.15, 0.2) is 42.5 Å². The number of nitrogens with zero attached hydrogens (tertiary/aromatic N) is 2. The van der Waals surface area contributed by atoms with Gasteiger partial charge >= 0.3 is 0 Å². The topological polar surface area (TPSA) is 58.8 Å². The number of piperazine rings is 1.